The fourth-order valence-corrected chi connectivity index (χ4v) is 1.10. The summed E-state index contributed by atoms with van der Waals surface area (Å²) in [5, 5.41) is 8.94. The molecule has 0 spiro atoms. The number of hydrogen-bond donors (Lipinski definition) is 1. The number of aromatic nitrogens is 1. The Hall–Kier alpha value is -1.02. The highest BCUT2D eigenvalue weighted by atomic mass is 16.3. The lowest BCUT2D eigenvalue weighted by Crippen LogP contribution is -2.02. The summed E-state index contributed by atoms with van der Waals surface area (Å²) in [5.74, 6) is 0. The third-order valence-electron chi connectivity index (χ3n) is 1.98. The highest BCUT2D eigenvalue weighted by molar-refractivity contribution is 5.08. The van der Waals surface area contributed by atoms with E-state index in [1.54, 1.807) is 0 Å². The van der Waals surface area contributed by atoms with E-state index < -0.39 is 0 Å². The zero-order chi connectivity index (χ0) is 8.97. The molecule has 1 rings (SSSR count). The van der Waals surface area contributed by atoms with Crippen molar-refractivity contribution in [2.45, 2.75) is 26.5 Å². The second-order valence-electron chi connectivity index (χ2n) is 2.89. The predicted molar refractivity (Wildman–Crippen MR) is 49.8 cm³/mol. The lowest BCUT2D eigenvalue weighted by molar-refractivity contribution is 0.271. The van der Waals surface area contributed by atoms with Gasteiger partial charge in [0.2, 0.25) is 0 Å². The molecule has 1 N–H and O–H groups in total. The first-order chi connectivity index (χ1) is 5.77. The van der Waals surface area contributed by atoms with Gasteiger partial charge >= 0.3 is 0 Å². The molecule has 0 bridgehead atoms. The van der Waals surface area contributed by atoms with Gasteiger partial charge in [0.1, 0.15) is 0 Å². The monoisotopic (exact) mass is 165 g/mol. The average Bonchev–Trinajstić information content (AvgIpc) is 2.51. The molecule has 0 aliphatic rings. The Balaban J connectivity index is 2.68. The van der Waals surface area contributed by atoms with Crippen molar-refractivity contribution in [3.63, 3.8) is 0 Å². The number of nitrogens with zero attached hydrogens (tertiary/aromatic N) is 1. The Labute approximate surface area is 73.1 Å². The Morgan fingerprint density at radius 2 is 2.42 bits per heavy atom. The van der Waals surface area contributed by atoms with Crippen LogP contribution in [-0.2, 0) is 13.2 Å². The molecule has 1 heterocycles. The largest absolute Gasteiger partial charge is 0.390 e. The van der Waals surface area contributed by atoms with Gasteiger partial charge in [0, 0.05) is 18.4 Å². The molecule has 0 amide bonds. The molecule has 0 atom stereocenters. The van der Waals surface area contributed by atoms with E-state index >= 15 is 0 Å². The van der Waals surface area contributed by atoms with Crippen molar-refractivity contribution in [3.05, 3.63) is 36.2 Å². The van der Waals surface area contributed by atoms with Crippen LogP contribution in [0, 0.1) is 0 Å². The van der Waals surface area contributed by atoms with Crippen molar-refractivity contribution in [3.8, 4) is 0 Å². The van der Waals surface area contributed by atoms with Crippen LogP contribution in [0.5, 0.6) is 0 Å². The van der Waals surface area contributed by atoms with Crippen molar-refractivity contribution >= 4 is 0 Å². The lowest BCUT2D eigenvalue weighted by Gasteiger charge is -2.07. The van der Waals surface area contributed by atoms with Crippen LogP contribution >= 0.6 is 0 Å². The van der Waals surface area contributed by atoms with E-state index in [4.69, 9.17) is 5.11 Å². The summed E-state index contributed by atoms with van der Waals surface area (Å²) < 4.78 is 2.02. The van der Waals surface area contributed by atoms with Gasteiger partial charge < -0.3 is 9.67 Å². The fraction of sp³-hybridized carbons (Fsp3) is 0.400. The van der Waals surface area contributed by atoms with Crippen LogP contribution in [0.3, 0.4) is 0 Å². The van der Waals surface area contributed by atoms with Gasteiger partial charge in [-0.25, -0.2) is 0 Å². The third-order valence-corrected chi connectivity index (χ3v) is 1.98. The molecule has 1 aromatic heterocycles. The van der Waals surface area contributed by atoms with Crippen molar-refractivity contribution in [2.24, 2.45) is 0 Å². The second kappa shape index (κ2) is 4.12. The van der Waals surface area contributed by atoms with Crippen molar-refractivity contribution in [1.29, 1.82) is 0 Å². The first kappa shape index (κ1) is 9.07. The van der Waals surface area contributed by atoms with Gasteiger partial charge in [-0.1, -0.05) is 19.1 Å². The van der Waals surface area contributed by atoms with Crippen LogP contribution in [0.2, 0.25) is 0 Å². The number of allylic oxidation sites excluding steroid dienone is 1. The van der Waals surface area contributed by atoms with Crippen molar-refractivity contribution in [2.75, 3.05) is 0 Å². The standard InChI is InChI=1S/C10H15NO/c1-3-9(2)7-11-6-4-5-10(11)8-12/h4-6,12H,2-3,7-8H2,1H3. The molecule has 0 aliphatic heterocycles. The maximum absolute atomic E-state index is 8.94. The minimum atomic E-state index is 0.101. The number of aliphatic hydroxyl groups excluding tert-OH is 1. The third kappa shape index (κ3) is 1.98. The molecule has 2 heteroatoms. The van der Waals surface area contributed by atoms with Gasteiger partial charge in [0.05, 0.1) is 6.61 Å². The van der Waals surface area contributed by atoms with E-state index in [1.165, 1.54) is 5.57 Å². The molecule has 1 aromatic rings. The Bertz CT molecular complexity index is 263. The molecule has 0 aromatic carbocycles. The molecule has 0 unspecified atom stereocenters. The van der Waals surface area contributed by atoms with E-state index in [2.05, 4.69) is 13.5 Å². The first-order valence-corrected chi connectivity index (χ1v) is 4.19. The second-order valence-corrected chi connectivity index (χ2v) is 2.89. The SMILES string of the molecule is C=C(CC)Cn1cccc1CO. The highest BCUT2D eigenvalue weighted by Gasteiger charge is 1.99. The molecule has 0 fully saturated rings. The summed E-state index contributed by atoms with van der Waals surface area (Å²) in [6.45, 7) is 6.93. The quantitative estimate of drug-likeness (QED) is 0.678. The molecule has 0 aliphatic carbocycles. The Morgan fingerprint density at radius 3 is 3.00 bits per heavy atom. The molecule has 0 radical (unpaired) electrons. The van der Waals surface area contributed by atoms with E-state index in [-0.39, 0.29) is 6.61 Å². The lowest BCUT2D eigenvalue weighted by atomic mass is 10.2. The molecule has 66 valence electrons. The van der Waals surface area contributed by atoms with E-state index in [1.807, 2.05) is 22.9 Å². The summed E-state index contributed by atoms with van der Waals surface area (Å²) in [5.41, 5.74) is 2.13. The highest BCUT2D eigenvalue weighted by Crippen LogP contribution is 2.07. The zero-order valence-corrected chi connectivity index (χ0v) is 7.45. The maximum Gasteiger partial charge on any atom is 0.0832 e. The summed E-state index contributed by atoms with van der Waals surface area (Å²) in [4.78, 5) is 0. The van der Waals surface area contributed by atoms with Crippen LogP contribution < -0.4 is 0 Å². The van der Waals surface area contributed by atoms with Crippen molar-refractivity contribution < 1.29 is 5.11 Å². The molecule has 12 heavy (non-hydrogen) atoms. The van der Waals surface area contributed by atoms with Crippen LogP contribution in [0.25, 0.3) is 0 Å². The Morgan fingerprint density at radius 1 is 1.67 bits per heavy atom. The fourth-order valence-electron chi connectivity index (χ4n) is 1.10. The molecule has 0 saturated heterocycles. The van der Waals surface area contributed by atoms with Gasteiger partial charge in [-0.2, -0.15) is 0 Å². The van der Waals surface area contributed by atoms with Crippen LogP contribution in [-0.4, -0.2) is 9.67 Å². The first-order valence-electron chi connectivity index (χ1n) is 4.19. The molecular formula is C10H15NO. The average molecular weight is 165 g/mol. The van der Waals surface area contributed by atoms with E-state index in [0.717, 1.165) is 18.7 Å². The topological polar surface area (TPSA) is 25.2 Å². The Kier molecular flexibility index (Phi) is 3.11. The maximum atomic E-state index is 8.94. The summed E-state index contributed by atoms with van der Waals surface area (Å²) in [6.07, 6.45) is 2.95. The van der Waals surface area contributed by atoms with Crippen molar-refractivity contribution in [1.82, 2.24) is 4.57 Å². The minimum absolute atomic E-state index is 0.101. The summed E-state index contributed by atoms with van der Waals surface area (Å²) >= 11 is 0. The number of hydrogen-bond acceptors (Lipinski definition) is 1. The van der Waals surface area contributed by atoms with Crippen LogP contribution in [0.15, 0.2) is 30.5 Å². The zero-order valence-electron chi connectivity index (χ0n) is 7.45. The molecule has 2 nitrogen and oxygen atoms in total. The number of rotatable bonds is 4. The normalized spacial score (nSPS) is 10.2. The molecule has 0 saturated carbocycles. The van der Waals surface area contributed by atoms with Crippen LogP contribution in [0.1, 0.15) is 19.0 Å². The predicted octanol–water partition coefficient (Wildman–Crippen LogP) is 1.95. The van der Waals surface area contributed by atoms with Gasteiger partial charge in [-0.15, -0.1) is 0 Å². The van der Waals surface area contributed by atoms with Gasteiger partial charge in [-0.05, 0) is 18.6 Å². The number of aliphatic hydroxyl groups is 1. The van der Waals surface area contributed by atoms with Crippen LogP contribution in [0.4, 0.5) is 0 Å². The van der Waals surface area contributed by atoms with Gasteiger partial charge in [0.25, 0.3) is 0 Å². The van der Waals surface area contributed by atoms with Gasteiger partial charge in [0.15, 0.2) is 0 Å². The minimum Gasteiger partial charge on any atom is -0.390 e. The van der Waals surface area contributed by atoms with E-state index in [0.29, 0.717) is 0 Å². The van der Waals surface area contributed by atoms with Gasteiger partial charge in [-0.3, -0.25) is 0 Å². The van der Waals surface area contributed by atoms with E-state index in [9.17, 15) is 0 Å². The summed E-state index contributed by atoms with van der Waals surface area (Å²) in [6, 6.07) is 3.86. The summed E-state index contributed by atoms with van der Waals surface area (Å²) in [7, 11) is 0. The molecular weight excluding hydrogens is 150 g/mol. The smallest absolute Gasteiger partial charge is 0.0832 e.